The van der Waals surface area contributed by atoms with E-state index >= 15 is 0 Å². The van der Waals surface area contributed by atoms with Gasteiger partial charge in [0.25, 0.3) is 0 Å². The molecule has 4 N–H and O–H groups in total. The van der Waals surface area contributed by atoms with Crippen molar-refractivity contribution in [2.24, 2.45) is 28.5 Å². The van der Waals surface area contributed by atoms with Crippen molar-refractivity contribution >= 4 is 58.9 Å². The highest BCUT2D eigenvalue weighted by atomic mass is 31.1. The number of nitrogens with zero attached hydrogens (tertiary/aromatic N) is 2. The van der Waals surface area contributed by atoms with Crippen molar-refractivity contribution in [2.75, 3.05) is 45.8 Å². The zero-order chi connectivity index (χ0) is 56.2. The Morgan fingerprint density at radius 1 is 0.744 bits per heavy atom. The number of ether oxygens (including phenoxy) is 3. The van der Waals surface area contributed by atoms with E-state index in [0.717, 1.165) is 56.6 Å². The standard InChI is InChI=1S/C64H84N5O8P/c1-43(2)32-35-74-56-30-28-46-22-13-15-25-52(46)59(56)60-53-26-16-14-23-47(53)29-31-57(60)75-41-50(70)38-48(24-17-18-33-67-63(73)77-64(5,6)7)61(72)69-54(27-19-34-66-58(65)42-78(8)9)55(71)39-49(36-44(3)4)62-68-40-51(76-62)37-45-20-11-10-12-21-45/h10-16,20-23,25-26,28-31,40,43-44,48-49,54H,17-19,24,27,32-39,41-42H2,1-9H3,(H2,65,66)(H,67,73)(H,69,72)/t48-,49+,54+/m0/s1. The number of aliphatic imine (C=N–C) groups is 1. The average Bonchev–Trinajstić information content (AvgIpc) is 3.86. The second-order valence-corrected chi connectivity index (χ2v) is 25.1. The van der Waals surface area contributed by atoms with Crippen LogP contribution in [0.25, 0.3) is 32.7 Å². The molecule has 0 bridgehead atoms. The third-order valence-electron chi connectivity index (χ3n) is 13.4. The Morgan fingerprint density at radius 2 is 1.38 bits per heavy atom. The molecule has 0 saturated carbocycles. The maximum atomic E-state index is 14.8. The van der Waals surface area contributed by atoms with Crippen molar-refractivity contribution in [3.8, 4) is 22.6 Å². The van der Waals surface area contributed by atoms with E-state index in [0.29, 0.717) is 93.8 Å². The van der Waals surface area contributed by atoms with E-state index in [2.05, 4.69) is 92.0 Å². The second-order valence-electron chi connectivity index (χ2n) is 22.6. The minimum Gasteiger partial charge on any atom is -0.493 e. The lowest BCUT2D eigenvalue weighted by atomic mass is 9.89. The summed E-state index contributed by atoms with van der Waals surface area (Å²) in [5.74, 6) is 1.72. The summed E-state index contributed by atoms with van der Waals surface area (Å²) in [4.78, 5) is 65.7. The summed E-state index contributed by atoms with van der Waals surface area (Å²) in [6.07, 6.45) is 6.16. The van der Waals surface area contributed by atoms with E-state index in [1.54, 1.807) is 27.0 Å². The van der Waals surface area contributed by atoms with Gasteiger partial charge in [0.15, 0.2) is 17.5 Å². The second kappa shape index (κ2) is 30.0. The molecule has 14 heteroatoms. The van der Waals surface area contributed by atoms with Gasteiger partial charge >= 0.3 is 6.09 Å². The molecule has 0 aliphatic rings. The van der Waals surface area contributed by atoms with Gasteiger partial charge in [0.1, 0.15) is 29.5 Å². The van der Waals surface area contributed by atoms with Crippen LogP contribution in [0.4, 0.5) is 4.79 Å². The van der Waals surface area contributed by atoms with Crippen LogP contribution in [0, 0.1) is 17.8 Å². The molecule has 2 amide bonds. The Bertz CT molecular complexity index is 2930. The van der Waals surface area contributed by atoms with Gasteiger partial charge in [-0.1, -0.05) is 125 Å². The monoisotopic (exact) mass is 1080 g/mol. The smallest absolute Gasteiger partial charge is 0.407 e. The topological polar surface area (TPSA) is 184 Å². The first kappa shape index (κ1) is 60.6. The fourth-order valence-corrected chi connectivity index (χ4v) is 10.4. The lowest BCUT2D eigenvalue weighted by molar-refractivity contribution is -0.133. The van der Waals surface area contributed by atoms with Crippen LogP contribution in [0.3, 0.4) is 0 Å². The molecule has 0 saturated heterocycles. The Hall–Kier alpha value is -6.59. The number of rotatable bonds is 31. The van der Waals surface area contributed by atoms with Crippen LogP contribution >= 0.6 is 7.92 Å². The number of alkyl carbamates (subject to hydrolysis) is 1. The van der Waals surface area contributed by atoms with Gasteiger partial charge in [0, 0.05) is 61.5 Å². The number of Topliss-reactive ketones (excluding diaryl/α,β-unsaturated/α-hetero) is 2. The predicted molar refractivity (Wildman–Crippen MR) is 317 cm³/mol. The normalized spacial score (nSPS) is 13.2. The molecule has 0 aliphatic heterocycles. The molecule has 78 heavy (non-hydrogen) atoms. The van der Waals surface area contributed by atoms with Crippen molar-refractivity contribution in [1.29, 1.82) is 0 Å². The summed E-state index contributed by atoms with van der Waals surface area (Å²) in [6.45, 7) is 19.2. The molecule has 418 valence electrons. The van der Waals surface area contributed by atoms with Gasteiger partial charge in [-0.2, -0.15) is 0 Å². The molecule has 0 fully saturated rings. The van der Waals surface area contributed by atoms with Crippen LogP contribution < -0.4 is 25.8 Å². The number of hydrogen-bond donors (Lipinski definition) is 3. The van der Waals surface area contributed by atoms with Gasteiger partial charge in [-0.15, -0.1) is 7.92 Å². The molecule has 6 rings (SSSR count). The first-order chi connectivity index (χ1) is 37.3. The highest BCUT2D eigenvalue weighted by Gasteiger charge is 2.31. The van der Waals surface area contributed by atoms with E-state index in [1.807, 2.05) is 72.8 Å². The SMILES string of the molecule is CC(C)CCOc1ccc2ccccc2c1-c1c(OCC(=O)C[C@H](CCCCNC(=O)OC(C)(C)C)C(=O)N[C@H](CCCN=C(N)CP(C)C)C(=O)C[C@@H](CC(C)C)c2ncc(Cc3ccccc3)o2)ccc2ccccc12. The van der Waals surface area contributed by atoms with Crippen LogP contribution in [0.2, 0.25) is 0 Å². The van der Waals surface area contributed by atoms with E-state index in [9.17, 15) is 19.2 Å². The molecule has 0 spiro atoms. The Kier molecular flexibility index (Phi) is 23.3. The molecule has 0 unspecified atom stereocenters. The number of hydrogen-bond acceptors (Lipinski definition) is 10. The van der Waals surface area contributed by atoms with Gasteiger partial charge in [-0.25, -0.2) is 9.78 Å². The van der Waals surface area contributed by atoms with Crippen LogP contribution in [0.1, 0.15) is 129 Å². The number of fused-ring (bicyclic) bond motifs is 2. The summed E-state index contributed by atoms with van der Waals surface area (Å²) < 4.78 is 24.9. The molecular weight excluding hydrogens is 998 g/mol. The van der Waals surface area contributed by atoms with Gasteiger partial charge in [0.05, 0.1) is 24.7 Å². The number of ketones is 2. The van der Waals surface area contributed by atoms with E-state index < -0.39 is 29.6 Å². The molecule has 3 atom stereocenters. The maximum Gasteiger partial charge on any atom is 0.407 e. The van der Waals surface area contributed by atoms with Crippen LogP contribution in [0.5, 0.6) is 11.5 Å². The van der Waals surface area contributed by atoms with Crippen LogP contribution in [-0.2, 0) is 25.5 Å². The molecule has 13 nitrogen and oxygen atoms in total. The van der Waals surface area contributed by atoms with Crippen molar-refractivity contribution < 1.29 is 37.8 Å². The number of nitrogens with two attached hydrogens (primary N) is 1. The van der Waals surface area contributed by atoms with Crippen molar-refractivity contribution in [3.05, 3.63) is 127 Å². The van der Waals surface area contributed by atoms with E-state index in [-0.39, 0.29) is 50.8 Å². The average molecular weight is 1080 g/mol. The van der Waals surface area contributed by atoms with Gasteiger partial charge < -0.3 is 35.0 Å². The van der Waals surface area contributed by atoms with Crippen molar-refractivity contribution in [3.63, 3.8) is 0 Å². The summed E-state index contributed by atoms with van der Waals surface area (Å²) >= 11 is 0. The Labute approximate surface area is 464 Å². The number of amides is 2. The number of benzene rings is 5. The molecular formula is C64H84N5O8P. The summed E-state index contributed by atoms with van der Waals surface area (Å²) in [6, 6.07) is 33.4. The zero-order valence-electron chi connectivity index (χ0n) is 47.6. The molecule has 6 aromatic rings. The number of unbranched alkanes of at least 4 members (excludes halogenated alkanes) is 1. The summed E-state index contributed by atoms with van der Waals surface area (Å²) in [5.41, 5.74) is 8.40. The molecule has 0 radical (unpaired) electrons. The minimum atomic E-state index is -0.877. The number of oxazole rings is 1. The first-order valence-electron chi connectivity index (χ1n) is 27.9. The van der Waals surface area contributed by atoms with E-state index in [4.69, 9.17) is 24.4 Å². The fraction of sp³-hybridized carbons (Fsp3) is 0.469. The Morgan fingerprint density at radius 3 is 2.01 bits per heavy atom. The quantitative estimate of drug-likeness (QED) is 0.0164. The van der Waals surface area contributed by atoms with Gasteiger partial charge in [-0.3, -0.25) is 19.4 Å². The molecule has 1 heterocycles. The zero-order valence-corrected chi connectivity index (χ0v) is 48.5. The number of amidine groups is 1. The summed E-state index contributed by atoms with van der Waals surface area (Å²) in [7, 11) is -0.278. The maximum absolute atomic E-state index is 14.8. The van der Waals surface area contributed by atoms with Crippen molar-refractivity contribution in [2.45, 2.75) is 130 Å². The summed E-state index contributed by atoms with van der Waals surface area (Å²) in [5, 5.41) is 9.91. The van der Waals surface area contributed by atoms with E-state index in [1.165, 1.54) is 0 Å². The predicted octanol–water partition coefficient (Wildman–Crippen LogP) is 13.5. The first-order valence-corrected chi connectivity index (χ1v) is 30.3. The Balaban J connectivity index is 1.26. The number of carbonyl (C=O) groups excluding carboxylic acids is 4. The van der Waals surface area contributed by atoms with Crippen LogP contribution in [0.15, 0.2) is 119 Å². The minimum absolute atomic E-state index is 0.0961. The molecule has 0 aliphatic carbocycles. The van der Waals surface area contributed by atoms with Crippen molar-refractivity contribution in [1.82, 2.24) is 15.6 Å². The fourth-order valence-electron chi connectivity index (χ4n) is 9.61. The van der Waals surface area contributed by atoms with Gasteiger partial charge in [0.2, 0.25) is 5.91 Å². The highest BCUT2D eigenvalue weighted by Crippen LogP contribution is 2.46. The largest absolute Gasteiger partial charge is 0.493 e. The van der Waals surface area contributed by atoms with Crippen LogP contribution in [-0.4, -0.2) is 91.8 Å². The highest BCUT2D eigenvalue weighted by molar-refractivity contribution is 7.57. The molecule has 5 aromatic carbocycles. The lowest BCUT2D eigenvalue weighted by Crippen LogP contribution is -2.45. The third kappa shape index (κ3) is 19.4. The third-order valence-corrected chi connectivity index (χ3v) is 14.3. The van der Waals surface area contributed by atoms with Gasteiger partial charge in [-0.05, 0) is 124 Å². The molecule has 1 aromatic heterocycles. The number of carbonyl (C=O) groups is 4. The number of nitrogens with one attached hydrogen (secondary N) is 2. The number of aromatic nitrogens is 1. The lowest BCUT2D eigenvalue weighted by Gasteiger charge is -2.24.